The summed E-state index contributed by atoms with van der Waals surface area (Å²) >= 11 is 0. The zero-order chi connectivity index (χ0) is 10.6. The predicted octanol–water partition coefficient (Wildman–Crippen LogP) is 2.89. The van der Waals surface area contributed by atoms with E-state index in [1.165, 1.54) is 5.57 Å². The monoisotopic (exact) mass is 197 g/mol. The average molecular weight is 197 g/mol. The van der Waals surface area contributed by atoms with Crippen molar-refractivity contribution in [2.24, 2.45) is 5.92 Å². The first kappa shape index (κ1) is 11.3. The maximum Gasteiger partial charge on any atom is 0.223 e. The molecular formula is C12H23NO. The molecule has 0 aliphatic heterocycles. The lowest BCUT2D eigenvalue weighted by Gasteiger charge is -2.29. The molecule has 0 saturated heterocycles. The molecule has 1 amide bonds. The van der Waals surface area contributed by atoms with Gasteiger partial charge in [0.25, 0.3) is 0 Å². The average Bonchev–Trinajstić information content (AvgIpc) is 2.96. The molecule has 2 aliphatic carbocycles. The fraction of sp³-hybridized carbons (Fsp3) is 0.750. The summed E-state index contributed by atoms with van der Waals surface area (Å²) in [7, 11) is 0. The Balaban J connectivity index is 0.000000617. The van der Waals surface area contributed by atoms with Gasteiger partial charge in [0.2, 0.25) is 5.91 Å². The van der Waals surface area contributed by atoms with Crippen molar-refractivity contribution in [2.45, 2.75) is 52.5 Å². The van der Waals surface area contributed by atoms with E-state index in [0.29, 0.717) is 12.0 Å². The van der Waals surface area contributed by atoms with Crippen molar-refractivity contribution in [3.8, 4) is 0 Å². The van der Waals surface area contributed by atoms with Crippen molar-refractivity contribution in [3.63, 3.8) is 0 Å². The summed E-state index contributed by atoms with van der Waals surface area (Å²) in [6.45, 7) is 6.06. The van der Waals surface area contributed by atoms with Crippen LogP contribution in [0.3, 0.4) is 0 Å². The molecule has 0 heterocycles. The zero-order valence-electron chi connectivity index (χ0n) is 9.47. The van der Waals surface area contributed by atoms with E-state index in [1.54, 1.807) is 0 Å². The highest BCUT2D eigenvalue weighted by Gasteiger charge is 2.33. The van der Waals surface area contributed by atoms with Gasteiger partial charge < -0.3 is 5.32 Å². The Morgan fingerprint density at radius 3 is 2.43 bits per heavy atom. The Morgan fingerprint density at radius 2 is 2.00 bits per heavy atom. The number of hydrogen-bond acceptors (Lipinski definition) is 1. The summed E-state index contributed by atoms with van der Waals surface area (Å²) in [6, 6.07) is 0.448. The van der Waals surface area contributed by atoms with E-state index in [-0.39, 0.29) is 7.33 Å². The van der Waals surface area contributed by atoms with Crippen molar-refractivity contribution in [2.75, 3.05) is 0 Å². The standard InChI is InChI=1S/C10H15NO.C2H6.H2/c1-2-7-5-9(6-7)11-10(12)8-3-4-8;1-2;/h2,8-9H,3-6H2,1H3,(H,11,12);1-2H3;1H. The first-order valence-corrected chi connectivity index (χ1v) is 5.74. The minimum Gasteiger partial charge on any atom is -0.352 e. The lowest BCUT2D eigenvalue weighted by Crippen LogP contribution is -2.41. The Kier molecular flexibility index (Phi) is 4.18. The lowest BCUT2D eigenvalue weighted by molar-refractivity contribution is -0.123. The number of carbonyl (C=O) groups excluding carboxylic acids is 1. The molecule has 0 aromatic rings. The second kappa shape index (κ2) is 5.18. The third-order valence-electron chi connectivity index (χ3n) is 2.72. The molecule has 2 heteroatoms. The third kappa shape index (κ3) is 2.86. The van der Waals surface area contributed by atoms with Gasteiger partial charge in [-0.3, -0.25) is 4.79 Å². The van der Waals surface area contributed by atoms with Gasteiger partial charge >= 0.3 is 0 Å². The van der Waals surface area contributed by atoms with E-state index < -0.39 is 0 Å². The van der Waals surface area contributed by atoms with Crippen molar-refractivity contribution < 1.29 is 6.22 Å². The van der Waals surface area contributed by atoms with Gasteiger partial charge in [-0.2, -0.15) is 0 Å². The predicted molar refractivity (Wildman–Crippen MR) is 61.1 cm³/mol. The van der Waals surface area contributed by atoms with Crippen LogP contribution < -0.4 is 5.32 Å². The van der Waals surface area contributed by atoms with Crippen LogP contribution >= 0.6 is 0 Å². The van der Waals surface area contributed by atoms with Gasteiger partial charge in [0, 0.05) is 13.4 Å². The summed E-state index contributed by atoms with van der Waals surface area (Å²) in [6.07, 6.45) is 6.52. The summed E-state index contributed by atoms with van der Waals surface area (Å²) in [4.78, 5) is 11.3. The van der Waals surface area contributed by atoms with Crippen LogP contribution in [-0.4, -0.2) is 11.9 Å². The molecule has 0 unspecified atom stereocenters. The molecular weight excluding hydrogens is 174 g/mol. The molecule has 2 saturated carbocycles. The zero-order valence-corrected chi connectivity index (χ0v) is 9.47. The van der Waals surface area contributed by atoms with E-state index in [4.69, 9.17) is 0 Å². The van der Waals surface area contributed by atoms with Crippen LogP contribution in [0, 0.1) is 5.92 Å². The summed E-state index contributed by atoms with van der Waals surface area (Å²) in [5.41, 5.74) is 1.48. The largest absolute Gasteiger partial charge is 0.352 e. The number of nitrogens with one attached hydrogen (secondary N) is 1. The Bertz CT molecular complexity index is 226. The quantitative estimate of drug-likeness (QED) is 0.678. The van der Waals surface area contributed by atoms with Gasteiger partial charge in [0.05, 0.1) is 0 Å². The molecule has 1 N–H and O–H groups in total. The maximum atomic E-state index is 11.3. The van der Waals surface area contributed by atoms with Gasteiger partial charge in [-0.1, -0.05) is 25.5 Å². The minimum absolute atomic E-state index is 0. The highest BCUT2D eigenvalue weighted by atomic mass is 16.2. The van der Waals surface area contributed by atoms with E-state index in [9.17, 15) is 4.79 Å². The SMILES string of the molecule is CC.CC=C1CC(NC(=O)C2CC2)C1.[HH]. The van der Waals surface area contributed by atoms with Crippen LogP contribution in [0.25, 0.3) is 0 Å². The number of amides is 1. The number of hydrogen-bond donors (Lipinski definition) is 1. The van der Waals surface area contributed by atoms with Crippen LogP contribution in [0.2, 0.25) is 0 Å². The van der Waals surface area contributed by atoms with E-state index in [2.05, 4.69) is 18.3 Å². The van der Waals surface area contributed by atoms with Crippen LogP contribution in [-0.2, 0) is 4.79 Å². The summed E-state index contributed by atoms with van der Waals surface area (Å²) < 4.78 is 0. The lowest BCUT2D eigenvalue weighted by atomic mass is 9.86. The highest BCUT2D eigenvalue weighted by molar-refractivity contribution is 5.81. The normalized spacial score (nSPS) is 24.2. The molecule has 82 valence electrons. The molecule has 14 heavy (non-hydrogen) atoms. The highest BCUT2D eigenvalue weighted by Crippen LogP contribution is 2.31. The smallest absolute Gasteiger partial charge is 0.223 e. The molecule has 2 rings (SSSR count). The fourth-order valence-electron chi connectivity index (χ4n) is 1.58. The van der Waals surface area contributed by atoms with E-state index >= 15 is 0 Å². The number of allylic oxidation sites excluding steroid dienone is 1. The van der Waals surface area contributed by atoms with Gasteiger partial charge in [-0.05, 0) is 32.6 Å². The van der Waals surface area contributed by atoms with Gasteiger partial charge in [-0.15, -0.1) is 0 Å². The Labute approximate surface area is 88.3 Å². The molecule has 0 atom stereocenters. The van der Waals surface area contributed by atoms with Crippen LogP contribution in [0.15, 0.2) is 11.6 Å². The molecule has 2 aliphatic rings. The maximum absolute atomic E-state index is 11.3. The second-order valence-electron chi connectivity index (χ2n) is 3.83. The molecule has 0 radical (unpaired) electrons. The first-order chi connectivity index (χ1) is 6.79. The number of carbonyl (C=O) groups is 1. The van der Waals surface area contributed by atoms with Crippen molar-refractivity contribution in [1.82, 2.24) is 5.32 Å². The molecule has 0 aromatic heterocycles. The van der Waals surface area contributed by atoms with Crippen molar-refractivity contribution in [1.29, 1.82) is 0 Å². The minimum atomic E-state index is 0. The molecule has 0 bridgehead atoms. The van der Waals surface area contributed by atoms with Crippen molar-refractivity contribution in [3.05, 3.63) is 11.6 Å². The fourth-order valence-corrected chi connectivity index (χ4v) is 1.58. The van der Waals surface area contributed by atoms with Crippen LogP contribution in [0.4, 0.5) is 0 Å². The Hall–Kier alpha value is -0.790. The van der Waals surface area contributed by atoms with Crippen LogP contribution in [0.5, 0.6) is 0 Å². The topological polar surface area (TPSA) is 29.1 Å². The van der Waals surface area contributed by atoms with E-state index in [0.717, 1.165) is 25.7 Å². The first-order valence-electron chi connectivity index (χ1n) is 5.74. The summed E-state index contributed by atoms with van der Waals surface area (Å²) in [5, 5.41) is 3.06. The molecule has 0 aromatic carbocycles. The van der Waals surface area contributed by atoms with E-state index in [1.807, 2.05) is 13.8 Å². The second-order valence-corrected chi connectivity index (χ2v) is 3.83. The molecule has 2 fully saturated rings. The third-order valence-corrected chi connectivity index (χ3v) is 2.72. The summed E-state index contributed by atoms with van der Waals surface area (Å²) in [5.74, 6) is 0.648. The van der Waals surface area contributed by atoms with Crippen LogP contribution in [0.1, 0.15) is 47.9 Å². The molecule has 2 nitrogen and oxygen atoms in total. The van der Waals surface area contributed by atoms with Crippen molar-refractivity contribution >= 4 is 5.91 Å². The molecule has 0 spiro atoms. The Morgan fingerprint density at radius 1 is 1.43 bits per heavy atom. The van der Waals surface area contributed by atoms with Gasteiger partial charge in [0.1, 0.15) is 0 Å². The van der Waals surface area contributed by atoms with Gasteiger partial charge in [-0.25, -0.2) is 0 Å². The number of rotatable bonds is 2. The van der Waals surface area contributed by atoms with Gasteiger partial charge in [0.15, 0.2) is 0 Å².